The van der Waals surface area contributed by atoms with E-state index in [1.54, 1.807) is 6.92 Å². The lowest BCUT2D eigenvalue weighted by Crippen LogP contribution is -2.60. The van der Waals surface area contributed by atoms with Crippen LogP contribution in [-0.4, -0.2) is 41.9 Å². The molecule has 1 atom stereocenters. The standard InChI is InChI=1S/C14H16N2O4/c1-2-20-14(19)11-9-16(13(18)12(17)15-11)8-10-6-4-3-5-7-10/h3-7,11H,2,8-9H2,1H3,(H,15,17). The lowest BCUT2D eigenvalue weighted by Gasteiger charge is -2.31. The molecule has 1 unspecified atom stereocenters. The maximum atomic E-state index is 11.8. The molecule has 1 N–H and O–H groups in total. The van der Waals surface area contributed by atoms with Crippen LogP contribution in [0.4, 0.5) is 0 Å². The van der Waals surface area contributed by atoms with Crippen LogP contribution in [0.5, 0.6) is 0 Å². The van der Waals surface area contributed by atoms with E-state index in [9.17, 15) is 14.4 Å². The number of nitrogens with zero attached hydrogens (tertiary/aromatic N) is 1. The Kier molecular flexibility index (Phi) is 4.34. The maximum absolute atomic E-state index is 11.8. The minimum absolute atomic E-state index is 0.123. The second-order valence-electron chi connectivity index (χ2n) is 4.45. The van der Waals surface area contributed by atoms with Gasteiger partial charge in [0.05, 0.1) is 13.2 Å². The first-order valence-electron chi connectivity index (χ1n) is 6.42. The molecule has 6 heteroatoms. The van der Waals surface area contributed by atoms with E-state index in [4.69, 9.17) is 4.74 Å². The van der Waals surface area contributed by atoms with E-state index in [-0.39, 0.29) is 13.2 Å². The second-order valence-corrected chi connectivity index (χ2v) is 4.45. The predicted molar refractivity (Wildman–Crippen MR) is 70.4 cm³/mol. The Bertz CT molecular complexity index is 515. The molecule has 6 nitrogen and oxygen atoms in total. The average molecular weight is 276 g/mol. The minimum atomic E-state index is -0.802. The van der Waals surface area contributed by atoms with Crippen LogP contribution >= 0.6 is 0 Å². The smallest absolute Gasteiger partial charge is 0.330 e. The molecular formula is C14H16N2O4. The molecule has 0 bridgehead atoms. The summed E-state index contributed by atoms with van der Waals surface area (Å²) in [5, 5.41) is 2.36. The summed E-state index contributed by atoms with van der Waals surface area (Å²) in [5.41, 5.74) is 0.901. The average Bonchev–Trinajstić information content (AvgIpc) is 2.45. The van der Waals surface area contributed by atoms with E-state index in [1.165, 1.54) is 4.90 Å². The van der Waals surface area contributed by atoms with Gasteiger partial charge in [-0.25, -0.2) is 4.79 Å². The first-order chi connectivity index (χ1) is 9.61. The maximum Gasteiger partial charge on any atom is 0.330 e. The second kappa shape index (κ2) is 6.18. The zero-order chi connectivity index (χ0) is 14.5. The number of hydrogen-bond acceptors (Lipinski definition) is 4. The van der Waals surface area contributed by atoms with Crippen molar-refractivity contribution in [1.82, 2.24) is 10.2 Å². The van der Waals surface area contributed by atoms with E-state index in [0.717, 1.165) is 5.56 Å². The van der Waals surface area contributed by atoms with Gasteiger partial charge >= 0.3 is 17.8 Å². The van der Waals surface area contributed by atoms with Crippen LogP contribution in [0, 0.1) is 0 Å². The van der Waals surface area contributed by atoms with Gasteiger partial charge in [-0.2, -0.15) is 0 Å². The van der Waals surface area contributed by atoms with Gasteiger partial charge in [0.1, 0.15) is 6.04 Å². The highest BCUT2D eigenvalue weighted by Gasteiger charge is 2.36. The number of rotatable bonds is 4. The molecule has 20 heavy (non-hydrogen) atoms. The minimum Gasteiger partial charge on any atom is -0.464 e. The van der Waals surface area contributed by atoms with Crippen molar-refractivity contribution in [1.29, 1.82) is 0 Å². The van der Waals surface area contributed by atoms with Crippen molar-refractivity contribution in [3.63, 3.8) is 0 Å². The predicted octanol–water partition coefficient (Wildman–Crippen LogP) is 0.0767. The molecule has 1 saturated heterocycles. The van der Waals surface area contributed by atoms with E-state index < -0.39 is 23.8 Å². The third-order valence-electron chi connectivity index (χ3n) is 2.98. The molecule has 2 rings (SSSR count). The van der Waals surface area contributed by atoms with Crippen molar-refractivity contribution < 1.29 is 19.1 Å². The molecule has 0 radical (unpaired) electrons. The molecule has 1 aromatic carbocycles. The van der Waals surface area contributed by atoms with Gasteiger partial charge < -0.3 is 15.0 Å². The summed E-state index contributed by atoms with van der Waals surface area (Å²) in [4.78, 5) is 36.5. The number of esters is 1. The first kappa shape index (κ1) is 14.0. The van der Waals surface area contributed by atoms with Gasteiger partial charge in [0.2, 0.25) is 0 Å². The summed E-state index contributed by atoms with van der Waals surface area (Å²) in [6, 6.07) is 8.50. The summed E-state index contributed by atoms with van der Waals surface area (Å²) in [7, 11) is 0. The number of amides is 2. The van der Waals surface area contributed by atoms with Crippen LogP contribution in [0.3, 0.4) is 0 Å². The van der Waals surface area contributed by atoms with Crippen LogP contribution < -0.4 is 5.32 Å². The number of hydrogen-bond donors (Lipinski definition) is 1. The Balaban J connectivity index is 2.08. The van der Waals surface area contributed by atoms with Crippen LogP contribution in [0.25, 0.3) is 0 Å². The van der Waals surface area contributed by atoms with Crippen molar-refractivity contribution in [2.45, 2.75) is 19.5 Å². The van der Waals surface area contributed by atoms with Gasteiger partial charge in [-0.1, -0.05) is 30.3 Å². The Morgan fingerprint density at radius 1 is 1.35 bits per heavy atom. The van der Waals surface area contributed by atoms with Crippen molar-refractivity contribution in [3.8, 4) is 0 Å². The molecule has 0 spiro atoms. The summed E-state index contributed by atoms with van der Waals surface area (Å²) in [5.74, 6) is -1.92. The quantitative estimate of drug-likeness (QED) is 0.624. The first-order valence-corrected chi connectivity index (χ1v) is 6.42. The molecule has 2 amide bonds. The third kappa shape index (κ3) is 3.14. The van der Waals surface area contributed by atoms with E-state index in [2.05, 4.69) is 5.32 Å². The molecule has 0 aliphatic carbocycles. The molecule has 1 aromatic rings. The number of piperazine rings is 1. The molecule has 1 fully saturated rings. The summed E-state index contributed by atoms with van der Waals surface area (Å²) in [6.07, 6.45) is 0. The summed E-state index contributed by atoms with van der Waals surface area (Å²) in [6.45, 7) is 2.34. The highest BCUT2D eigenvalue weighted by atomic mass is 16.5. The molecule has 1 heterocycles. The molecule has 106 valence electrons. The van der Waals surface area contributed by atoms with Crippen molar-refractivity contribution in [2.75, 3.05) is 13.2 Å². The fraction of sp³-hybridized carbons (Fsp3) is 0.357. The fourth-order valence-electron chi connectivity index (χ4n) is 2.03. The van der Waals surface area contributed by atoms with Gasteiger partial charge in [-0.3, -0.25) is 9.59 Å². The highest BCUT2D eigenvalue weighted by molar-refractivity contribution is 6.36. The highest BCUT2D eigenvalue weighted by Crippen LogP contribution is 2.10. The largest absolute Gasteiger partial charge is 0.464 e. The van der Waals surface area contributed by atoms with Gasteiger partial charge in [0.25, 0.3) is 0 Å². The Morgan fingerprint density at radius 3 is 2.70 bits per heavy atom. The van der Waals surface area contributed by atoms with Crippen molar-refractivity contribution >= 4 is 17.8 Å². The molecule has 1 aliphatic rings. The topological polar surface area (TPSA) is 75.7 Å². The number of carbonyl (C=O) groups excluding carboxylic acids is 3. The van der Waals surface area contributed by atoms with E-state index in [0.29, 0.717) is 6.54 Å². The lowest BCUT2D eigenvalue weighted by molar-refractivity contribution is -0.156. The number of benzene rings is 1. The number of carbonyl (C=O) groups is 3. The zero-order valence-corrected chi connectivity index (χ0v) is 11.2. The van der Waals surface area contributed by atoms with Crippen molar-refractivity contribution in [2.24, 2.45) is 0 Å². The van der Waals surface area contributed by atoms with Crippen LogP contribution in [-0.2, 0) is 25.7 Å². The molecule has 0 saturated carbocycles. The molecule has 1 aliphatic heterocycles. The summed E-state index contributed by atoms with van der Waals surface area (Å²) < 4.78 is 4.87. The van der Waals surface area contributed by atoms with Crippen molar-refractivity contribution in [3.05, 3.63) is 35.9 Å². The van der Waals surface area contributed by atoms with E-state index >= 15 is 0 Å². The van der Waals surface area contributed by atoms with Gasteiger partial charge in [0, 0.05) is 6.54 Å². The SMILES string of the molecule is CCOC(=O)C1CN(Cc2ccccc2)C(=O)C(=O)N1. The van der Waals surface area contributed by atoms with Crippen LogP contribution in [0.15, 0.2) is 30.3 Å². The molecule has 0 aromatic heterocycles. The third-order valence-corrected chi connectivity index (χ3v) is 2.98. The lowest BCUT2D eigenvalue weighted by atomic mass is 10.1. The fourth-order valence-corrected chi connectivity index (χ4v) is 2.03. The normalized spacial score (nSPS) is 18.6. The molecular weight excluding hydrogens is 260 g/mol. The summed E-state index contributed by atoms with van der Waals surface area (Å²) >= 11 is 0. The Hall–Kier alpha value is -2.37. The monoisotopic (exact) mass is 276 g/mol. The van der Waals surface area contributed by atoms with Gasteiger partial charge in [-0.05, 0) is 12.5 Å². The Morgan fingerprint density at radius 2 is 2.05 bits per heavy atom. The van der Waals surface area contributed by atoms with E-state index in [1.807, 2.05) is 30.3 Å². The van der Waals surface area contributed by atoms with Gasteiger partial charge in [0.15, 0.2) is 0 Å². The van der Waals surface area contributed by atoms with Gasteiger partial charge in [-0.15, -0.1) is 0 Å². The Labute approximate surface area is 116 Å². The number of nitrogens with one attached hydrogen (secondary N) is 1. The van der Waals surface area contributed by atoms with Crippen LogP contribution in [0.1, 0.15) is 12.5 Å². The zero-order valence-electron chi connectivity index (χ0n) is 11.2. The van der Waals surface area contributed by atoms with Crippen LogP contribution in [0.2, 0.25) is 0 Å². The number of ether oxygens (including phenoxy) is 1.